The number of halogens is 6. The van der Waals surface area contributed by atoms with Gasteiger partial charge in [0.1, 0.15) is 24.6 Å². The highest BCUT2D eigenvalue weighted by Crippen LogP contribution is 2.31. The molecule has 1 aliphatic heterocycles. The second-order valence-corrected chi connectivity index (χ2v) is 10.9. The molecule has 1 aliphatic rings. The third-order valence-electron chi connectivity index (χ3n) is 7.44. The van der Waals surface area contributed by atoms with Gasteiger partial charge < -0.3 is 4.90 Å². The normalized spacial score (nSPS) is 15.0. The number of benzene rings is 2. The van der Waals surface area contributed by atoms with E-state index in [9.17, 15) is 31.9 Å². The van der Waals surface area contributed by atoms with Gasteiger partial charge in [0, 0.05) is 24.1 Å². The van der Waals surface area contributed by atoms with E-state index in [1.54, 1.807) is 24.3 Å². The van der Waals surface area contributed by atoms with E-state index in [-0.39, 0.29) is 65.6 Å². The van der Waals surface area contributed by atoms with Crippen molar-refractivity contribution in [2.75, 3.05) is 26.2 Å². The van der Waals surface area contributed by atoms with Gasteiger partial charge in [-0.1, -0.05) is 58.2 Å². The van der Waals surface area contributed by atoms with E-state index in [2.05, 4.69) is 20.2 Å². The zero-order chi connectivity index (χ0) is 32.1. The Balaban J connectivity index is 1.26. The summed E-state index contributed by atoms with van der Waals surface area (Å²) in [7, 11) is 0. The minimum atomic E-state index is -5.27. The molecule has 0 saturated carbocycles. The molecule has 6 rings (SSSR count). The Morgan fingerprint density at radius 3 is 2.47 bits per heavy atom. The summed E-state index contributed by atoms with van der Waals surface area (Å²) in [5, 5.41) is 7.42. The molecule has 4 heterocycles. The number of amides is 1. The highest BCUT2D eigenvalue weighted by Gasteiger charge is 2.51. The number of aromatic nitrogens is 5. The smallest absolute Gasteiger partial charge is 0.327 e. The number of alkyl halides is 3. The number of imidazole rings is 1. The van der Waals surface area contributed by atoms with Gasteiger partial charge in [0.2, 0.25) is 0 Å². The second kappa shape index (κ2) is 11.4. The molecule has 1 saturated heterocycles. The van der Waals surface area contributed by atoms with Crippen molar-refractivity contribution < 1.29 is 32.0 Å². The molecular weight excluding hydrogens is 645 g/mol. The van der Waals surface area contributed by atoms with Gasteiger partial charge in [0.15, 0.2) is 16.0 Å². The van der Waals surface area contributed by atoms with Gasteiger partial charge >= 0.3 is 17.8 Å². The number of pyridine rings is 1. The average Bonchev–Trinajstić information content (AvgIpc) is 3.33. The Bertz CT molecular complexity index is 2040. The van der Waals surface area contributed by atoms with Crippen molar-refractivity contribution in [1.82, 2.24) is 34.1 Å². The summed E-state index contributed by atoms with van der Waals surface area (Å²) in [5.74, 6) is -3.92. The first-order valence-corrected chi connectivity index (χ1v) is 14.0. The van der Waals surface area contributed by atoms with Gasteiger partial charge in [-0.05, 0) is 23.1 Å². The van der Waals surface area contributed by atoms with E-state index in [0.29, 0.717) is 10.9 Å². The van der Waals surface area contributed by atoms with Crippen molar-refractivity contribution in [2.45, 2.75) is 12.6 Å². The Morgan fingerprint density at radius 1 is 1.04 bits per heavy atom. The minimum absolute atomic E-state index is 0.00549. The number of quaternary nitrogens is 1. The summed E-state index contributed by atoms with van der Waals surface area (Å²) >= 11 is 12.0. The van der Waals surface area contributed by atoms with Crippen LogP contribution in [0.2, 0.25) is 10.3 Å². The quantitative estimate of drug-likeness (QED) is 0.217. The minimum Gasteiger partial charge on any atom is -0.327 e. The first-order chi connectivity index (χ1) is 21.4. The van der Waals surface area contributed by atoms with Crippen molar-refractivity contribution in [3.8, 4) is 0 Å². The Hall–Kier alpha value is -4.60. The van der Waals surface area contributed by atoms with Gasteiger partial charge in [-0.15, -0.1) is 0 Å². The fourth-order valence-electron chi connectivity index (χ4n) is 5.16. The van der Waals surface area contributed by atoms with Gasteiger partial charge in [0.25, 0.3) is 11.7 Å². The molecular formula is C28H20Cl2F4N7O4+. The van der Waals surface area contributed by atoms with Crippen LogP contribution in [0.25, 0.3) is 16.4 Å². The fraction of sp³-hybridized carbons (Fsp3) is 0.214. The topological polar surface area (TPSA) is 123 Å². The first-order valence-electron chi connectivity index (χ1n) is 13.3. The SMILES string of the molecule is O=C(c1cc(Cc2n[nH]c(=O)n3c(Cl)c(Cl)nc23)ccc1F)N1CC[N+](OC(=O)C(F)(F)F)(c2cc3ccccc3cn2)CC1. The number of carbonyl (C=O) groups is 2. The van der Waals surface area contributed by atoms with E-state index in [1.165, 1.54) is 29.3 Å². The van der Waals surface area contributed by atoms with Crippen molar-refractivity contribution >= 4 is 57.3 Å². The van der Waals surface area contributed by atoms with Crippen LogP contribution >= 0.6 is 23.2 Å². The van der Waals surface area contributed by atoms with Crippen molar-refractivity contribution in [3.63, 3.8) is 0 Å². The Morgan fingerprint density at radius 2 is 1.76 bits per heavy atom. The molecule has 0 radical (unpaired) electrons. The summed E-state index contributed by atoms with van der Waals surface area (Å²) in [6.07, 6.45) is -3.80. The molecule has 0 aliphatic carbocycles. The molecule has 1 fully saturated rings. The van der Waals surface area contributed by atoms with Crippen molar-refractivity contribution in [1.29, 1.82) is 0 Å². The van der Waals surface area contributed by atoms with Crippen LogP contribution < -0.4 is 10.3 Å². The Labute approximate surface area is 260 Å². The van der Waals surface area contributed by atoms with Crippen LogP contribution in [-0.4, -0.2) is 73.7 Å². The van der Waals surface area contributed by atoms with Crippen LogP contribution in [0.4, 0.5) is 23.4 Å². The molecule has 0 spiro atoms. The van der Waals surface area contributed by atoms with E-state index < -0.39 is 34.2 Å². The molecule has 0 bridgehead atoms. The lowest BCUT2D eigenvalue weighted by Gasteiger charge is -2.40. The second-order valence-electron chi connectivity index (χ2n) is 10.2. The zero-order valence-corrected chi connectivity index (χ0v) is 24.3. The molecule has 45 heavy (non-hydrogen) atoms. The number of carbonyl (C=O) groups excluding carboxylic acids is 2. The molecule has 232 valence electrons. The highest BCUT2D eigenvalue weighted by atomic mass is 35.5. The lowest BCUT2D eigenvalue weighted by molar-refractivity contribution is -0.238. The van der Waals surface area contributed by atoms with E-state index in [1.807, 2.05) is 0 Å². The van der Waals surface area contributed by atoms with Crippen LogP contribution in [-0.2, 0) is 16.1 Å². The summed E-state index contributed by atoms with van der Waals surface area (Å²) in [4.78, 5) is 52.3. The third-order valence-corrected chi connectivity index (χ3v) is 8.14. The molecule has 1 N–H and O–H groups in total. The largest absolute Gasteiger partial charge is 0.497 e. The standard InChI is InChI=1S/C28H19Cl2F4N7O4/c29-22-23(30)40-24(36-22)20(37-38-27(40)44)12-15-5-6-19(31)18(11-15)25(42)39-7-9-41(10-8-39,45-26(43)28(32,33)34)21-13-16-3-1-2-4-17(16)14-35-21/h1-6,11,13-14H,7-10,12H2/p+1. The highest BCUT2D eigenvalue weighted by molar-refractivity contribution is 6.40. The number of nitrogens with one attached hydrogen (secondary N) is 1. The number of rotatable bonds is 5. The maximum atomic E-state index is 15.0. The third kappa shape index (κ3) is 5.69. The number of H-pyrrole nitrogens is 1. The van der Waals surface area contributed by atoms with Gasteiger partial charge in [-0.3, -0.25) is 9.63 Å². The number of hydroxylamine groups is 2. The lowest BCUT2D eigenvalue weighted by atomic mass is 10.0. The summed E-state index contributed by atoms with van der Waals surface area (Å²) in [5.41, 5.74) is -0.233. The Kier molecular flexibility index (Phi) is 7.71. The molecule has 5 aromatic rings. The van der Waals surface area contributed by atoms with Crippen LogP contribution in [0.15, 0.2) is 59.5 Å². The fourth-order valence-corrected chi connectivity index (χ4v) is 5.52. The number of aromatic amines is 1. The maximum absolute atomic E-state index is 15.0. The molecule has 11 nitrogen and oxygen atoms in total. The summed E-state index contributed by atoms with van der Waals surface area (Å²) in [6, 6.07) is 12.4. The lowest BCUT2D eigenvalue weighted by Crippen LogP contribution is -2.63. The molecule has 0 atom stereocenters. The van der Waals surface area contributed by atoms with Gasteiger partial charge in [0.05, 0.1) is 18.7 Å². The van der Waals surface area contributed by atoms with E-state index in [0.717, 1.165) is 15.9 Å². The van der Waals surface area contributed by atoms with Crippen LogP contribution in [0.3, 0.4) is 0 Å². The van der Waals surface area contributed by atoms with Crippen LogP contribution in [0.5, 0.6) is 0 Å². The van der Waals surface area contributed by atoms with Crippen molar-refractivity contribution in [3.05, 3.63) is 98.2 Å². The van der Waals surface area contributed by atoms with Crippen molar-refractivity contribution in [2.24, 2.45) is 0 Å². The number of piperazine rings is 1. The molecule has 17 heteroatoms. The number of hydrogen-bond donors (Lipinski definition) is 1. The summed E-state index contributed by atoms with van der Waals surface area (Å²) in [6.45, 7) is -0.924. The van der Waals surface area contributed by atoms with Gasteiger partial charge in [-0.2, -0.15) is 18.3 Å². The number of nitrogens with zero attached hydrogens (tertiary/aromatic N) is 6. The van der Waals surface area contributed by atoms with E-state index >= 15 is 0 Å². The molecule has 1 amide bonds. The van der Waals surface area contributed by atoms with Crippen LogP contribution in [0, 0.1) is 5.82 Å². The predicted octanol–water partition coefficient (Wildman–Crippen LogP) is 4.49. The first kappa shape index (κ1) is 30.4. The predicted molar refractivity (Wildman–Crippen MR) is 154 cm³/mol. The average molecular weight is 665 g/mol. The van der Waals surface area contributed by atoms with Gasteiger partial charge in [-0.25, -0.2) is 33.4 Å². The molecule has 0 unspecified atom stereocenters. The van der Waals surface area contributed by atoms with Crippen LogP contribution in [0.1, 0.15) is 21.6 Å². The summed E-state index contributed by atoms with van der Waals surface area (Å²) < 4.78 is 54.9. The monoisotopic (exact) mass is 664 g/mol. The molecule has 3 aromatic heterocycles. The van der Waals surface area contributed by atoms with E-state index in [4.69, 9.17) is 28.0 Å². The number of fused-ring (bicyclic) bond motifs is 2. The molecule has 2 aromatic carbocycles. The zero-order valence-electron chi connectivity index (χ0n) is 22.8. The number of hydrogen-bond acceptors (Lipinski definition) is 7. The maximum Gasteiger partial charge on any atom is 0.497 e.